The van der Waals surface area contributed by atoms with Crippen LogP contribution in [0, 0.1) is 5.92 Å². The van der Waals surface area contributed by atoms with Gasteiger partial charge in [0.05, 0.1) is 24.3 Å². The monoisotopic (exact) mass is 355 g/mol. The number of amides is 1. The molecule has 2 unspecified atom stereocenters. The first kappa shape index (κ1) is 17.3. The molecule has 2 heterocycles. The summed E-state index contributed by atoms with van der Waals surface area (Å²) in [6, 6.07) is 3.63. The highest BCUT2D eigenvalue weighted by Gasteiger charge is 2.60. The van der Waals surface area contributed by atoms with E-state index in [2.05, 4.69) is 0 Å². The molecule has 138 valence electrons. The summed E-state index contributed by atoms with van der Waals surface area (Å²) >= 11 is 0. The first-order valence-corrected chi connectivity index (χ1v) is 9.24. The summed E-state index contributed by atoms with van der Waals surface area (Å²) in [6.45, 7) is 5.92. The van der Waals surface area contributed by atoms with Crippen LogP contribution in [0.4, 0.5) is 5.69 Å². The third kappa shape index (κ3) is 2.07. The zero-order valence-corrected chi connectivity index (χ0v) is 15.8. The maximum atomic E-state index is 13.5. The molecular weight excluding hydrogens is 330 g/mol. The molecule has 3 aliphatic rings. The van der Waals surface area contributed by atoms with Crippen LogP contribution in [0.2, 0.25) is 0 Å². The van der Waals surface area contributed by atoms with Crippen molar-refractivity contribution in [1.29, 1.82) is 0 Å². The number of aliphatic hydroxyl groups is 1. The largest absolute Gasteiger partial charge is 0.497 e. The molecule has 0 bridgehead atoms. The number of carbonyl (C=O) groups is 2. The van der Waals surface area contributed by atoms with Gasteiger partial charge in [0.25, 0.3) is 5.91 Å². The van der Waals surface area contributed by atoms with Crippen LogP contribution in [-0.4, -0.2) is 29.4 Å². The van der Waals surface area contributed by atoms with E-state index in [1.54, 1.807) is 18.1 Å². The molecule has 1 aromatic carbocycles. The highest BCUT2D eigenvalue weighted by Crippen LogP contribution is 2.55. The summed E-state index contributed by atoms with van der Waals surface area (Å²) in [4.78, 5) is 27.8. The normalized spacial score (nSPS) is 29.5. The number of methoxy groups -OCH3 is 1. The Bertz CT molecular complexity index is 854. The lowest BCUT2D eigenvalue weighted by molar-refractivity contribution is -0.152. The van der Waals surface area contributed by atoms with E-state index in [4.69, 9.17) is 4.74 Å². The van der Waals surface area contributed by atoms with Crippen LogP contribution >= 0.6 is 0 Å². The van der Waals surface area contributed by atoms with Crippen molar-refractivity contribution < 1.29 is 19.4 Å². The Morgan fingerprint density at radius 3 is 2.62 bits per heavy atom. The first-order valence-electron chi connectivity index (χ1n) is 9.24. The van der Waals surface area contributed by atoms with E-state index in [0.29, 0.717) is 24.2 Å². The van der Waals surface area contributed by atoms with E-state index in [1.807, 2.05) is 32.9 Å². The molecule has 5 nitrogen and oxygen atoms in total. The van der Waals surface area contributed by atoms with E-state index >= 15 is 0 Å². The van der Waals surface area contributed by atoms with E-state index in [-0.39, 0.29) is 5.78 Å². The van der Waals surface area contributed by atoms with Crippen molar-refractivity contribution in [3.8, 4) is 5.75 Å². The lowest BCUT2D eigenvalue weighted by Gasteiger charge is -2.40. The predicted molar refractivity (Wildman–Crippen MR) is 99.1 cm³/mol. The summed E-state index contributed by atoms with van der Waals surface area (Å²) in [5.41, 5.74) is 0.768. The van der Waals surface area contributed by atoms with E-state index in [1.165, 1.54) is 0 Å². The van der Waals surface area contributed by atoms with Gasteiger partial charge in [-0.15, -0.1) is 0 Å². The minimum Gasteiger partial charge on any atom is -0.497 e. The number of hydrogen-bond donors (Lipinski definition) is 1. The molecule has 0 radical (unpaired) electrons. The van der Waals surface area contributed by atoms with Crippen molar-refractivity contribution in [2.45, 2.75) is 57.6 Å². The van der Waals surface area contributed by atoms with Gasteiger partial charge in [-0.25, -0.2) is 0 Å². The zero-order chi connectivity index (χ0) is 18.9. The van der Waals surface area contributed by atoms with Gasteiger partial charge in [0.15, 0.2) is 5.60 Å². The van der Waals surface area contributed by atoms with Gasteiger partial charge >= 0.3 is 0 Å². The summed E-state index contributed by atoms with van der Waals surface area (Å²) in [7, 11) is 1.57. The summed E-state index contributed by atoms with van der Waals surface area (Å²) in [5.74, 6) is -0.522. The fraction of sp³-hybridized carbons (Fsp3) is 0.524. The van der Waals surface area contributed by atoms with Crippen molar-refractivity contribution in [1.82, 2.24) is 0 Å². The Kier molecular flexibility index (Phi) is 3.61. The maximum absolute atomic E-state index is 13.5. The van der Waals surface area contributed by atoms with Crippen LogP contribution in [0.25, 0.3) is 5.57 Å². The molecule has 1 amide bonds. The lowest BCUT2D eigenvalue weighted by atomic mass is 9.73. The molecule has 0 spiro atoms. The number of ether oxygens (including phenoxy) is 1. The second-order valence-electron chi connectivity index (χ2n) is 8.22. The van der Waals surface area contributed by atoms with Crippen molar-refractivity contribution in [3.05, 3.63) is 29.3 Å². The predicted octanol–water partition coefficient (Wildman–Crippen LogP) is 3.18. The molecule has 0 aromatic heterocycles. The standard InChI is InChI=1S/C21H25NO4/c1-12-11-20(2,3)22-18-14(12)9-13(26-4)10-16(18)21(25,19(22)24)15-7-5-6-8-17(15)23/h9-11,15,25H,5-8H2,1-4H3. The number of rotatable bonds is 2. The molecule has 0 saturated heterocycles. The fourth-order valence-corrected chi connectivity index (χ4v) is 4.93. The average molecular weight is 355 g/mol. The van der Waals surface area contributed by atoms with Gasteiger partial charge in [-0.2, -0.15) is 0 Å². The van der Waals surface area contributed by atoms with Crippen LogP contribution in [0.5, 0.6) is 5.75 Å². The minimum absolute atomic E-state index is 0.0222. The van der Waals surface area contributed by atoms with Crippen molar-refractivity contribution in [3.63, 3.8) is 0 Å². The lowest BCUT2D eigenvalue weighted by Crippen LogP contribution is -2.54. The number of nitrogens with zero attached hydrogens (tertiary/aromatic N) is 1. The third-order valence-corrected chi connectivity index (χ3v) is 6.11. The van der Waals surface area contributed by atoms with Gasteiger partial charge < -0.3 is 9.84 Å². The Morgan fingerprint density at radius 1 is 1.23 bits per heavy atom. The van der Waals surface area contributed by atoms with E-state index in [9.17, 15) is 14.7 Å². The Hall–Kier alpha value is -2.14. The van der Waals surface area contributed by atoms with Crippen molar-refractivity contribution in [2.24, 2.45) is 5.92 Å². The first-order chi connectivity index (χ1) is 12.2. The van der Waals surface area contributed by atoms with Crippen molar-refractivity contribution in [2.75, 3.05) is 12.0 Å². The van der Waals surface area contributed by atoms with Crippen LogP contribution in [-0.2, 0) is 15.2 Å². The summed E-state index contributed by atoms with van der Waals surface area (Å²) in [5, 5.41) is 11.7. The molecule has 1 saturated carbocycles. The maximum Gasteiger partial charge on any atom is 0.265 e. The molecule has 4 rings (SSSR count). The van der Waals surface area contributed by atoms with Crippen LogP contribution in [0.3, 0.4) is 0 Å². The average Bonchev–Trinajstić information content (AvgIpc) is 2.82. The van der Waals surface area contributed by atoms with Crippen LogP contribution < -0.4 is 9.64 Å². The third-order valence-electron chi connectivity index (χ3n) is 6.11. The second kappa shape index (κ2) is 5.43. The molecule has 2 atom stereocenters. The van der Waals surface area contributed by atoms with Gasteiger partial charge in [-0.05, 0) is 51.3 Å². The highest BCUT2D eigenvalue weighted by atomic mass is 16.5. The molecular formula is C21H25NO4. The molecule has 1 aliphatic carbocycles. The number of allylic oxidation sites excluding steroid dienone is 1. The Labute approximate surface area is 153 Å². The van der Waals surface area contributed by atoms with E-state index < -0.39 is 23.0 Å². The van der Waals surface area contributed by atoms with E-state index in [0.717, 1.165) is 29.7 Å². The summed E-state index contributed by atoms with van der Waals surface area (Å²) in [6.07, 6.45) is 4.66. The highest BCUT2D eigenvalue weighted by molar-refractivity contribution is 6.14. The fourth-order valence-electron chi connectivity index (χ4n) is 4.93. The molecule has 2 aliphatic heterocycles. The van der Waals surface area contributed by atoms with Gasteiger partial charge in [0.1, 0.15) is 11.5 Å². The molecule has 1 N–H and O–H groups in total. The van der Waals surface area contributed by atoms with Crippen LogP contribution in [0.15, 0.2) is 18.2 Å². The van der Waals surface area contributed by atoms with Gasteiger partial charge in [-0.3, -0.25) is 14.5 Å². The number of benzene rings is 1. The number of hydrogen-bond acceptors (Lipinski definition) is 4. The molecule has 1 aromatic rings. The number of carbonyl (C=O) groups excluding carboxylic acids is 2. The van der Waals surface area contributed by atoms with Crippen LogP contribution in [0.1, 0.15) is 57.6 Å². The smallest absolute Gasteiger partial charge is 0.265 e. The molecule has 26 heavy (non-hydrogen) atoms. The number of anilines is 1. The molecule has 5 heteroatoms. The Morgan fingerprint density at radius 2 is 1.96 bits per heavy atom. The second-order valence-corrected chi connectivity index (χ2v) is 8.22. The number of Topliss-reactive ketones (excluding diaryl/α,β-unsaturated/α-hetero) is 1. The Balaban J connectivity index is 2.01. The number of ketones is 1. The topological polar surface area (TPSA) is 66.8 Å². The van der Waals surface area contributed by atoms with Gasteiger partial charge in [-0.1, -0.05) is 12.5 Å². The van der Waals surface area contributed by atoms with Gasteiger partial charge in [0, 0.05) is 17.5 Å². The SMILES string of the molecule is COc1cc2c3c(c1)C(O)(C1CCCCC1=O)C(=O)N3C(C)(C)C=C2C. The van der Waals surface area contributed by atoms with Gasteiger partial charge in [0.2, 0.25) is 0 Å². The quantitative estimate of drug-likeness (QED) is 0.885. The molecule has 1 fully saturated rings. The minimum atomic E-state index is -1.81. The summed E-state index contributed by atoms with van der Waals surface area (Å²) < 4.78 is 5.43. The zero-order valence-electron chi connectivity index (χ0n) is 15.8. The van der Waals surface area contributed by atoms with Crippen molar-refractivity contribution >= 4 is 23.0 Å².